The number of methoxy groups -OCH3 is 2. The van der Waals surface area contributed by atoms with E-state index in [1.54, 1.807) is 12.1 Å². The van der Waals surface area contributed by atoms with E-state index in [2.05, 4.69) is 10.9 Å². The second kappa shape index (κ2) is 9.40. The molecule has 27 heavy (non-hydrogen) atoms. The molecule has 0 saturated heterocycles. The van der Waals surface area contributed by atoms with E-state index in [-0.39, 0.29) is 11.3 Å². The van der Waals surface area contributed by atoms with Gasteiger partial charge in [0.1, 0.15) is 0 Å². The Morgan fingerprint density at radius 3 is 2.30 bits per heavy atom. The van der Waals surface area contributed by atoms with Gasteiger partial charge in [0.25, 0.3) is 11.8 Å². The number of amides is 2. The second-order valence-corrected chi connectivity index (χ2v) is 6.48. The van der Waals surface area contributed by atoms with Crippen molar-refractivity contribution in [1.29, 1.82) is 0 Å². The first-order chi connectivity index (χ1) is 12.9. The molecule has 7 nitrogen and oxygen atoms in total. The Balaban J connectivity index is 2.00. The van der Waals surface area contributed by atoms with Crippen LogP contribution in [0.1, 0.15) is 17.3 Å². The summed E-state index contributed by atoms with van der Waals surface area (Å²) in [5, 5.41) is 0. The van der Waals surface area contributed by atoms with Gasteiger partial charge in [0.15, 0.2) is 29.2 Å². The summed E-state index contributed by atoms with van der Waals surface area (Å²) >= 11 is 1.97. The summed E-state index contributed by atoms with van der Waals surface area (Å²) in [5.41, 5.74) is 4.84. The highest BCUT2D eigenvalue weighted by Gasteiger charge is 2.19. The maximum atomic E-state index is 13.6. The number of hydrogen-bond acceptors (Lipinski definition) is 5. The Bertz CT molecular complexity index is 846. The highest BCUT2D eigenvalue weighted by atomic mass is 127. The molecule has 0 saturated carbocycles. The quantitative estimate of drug-likeness (QED) is 0.483. The molecule has 2 rings (SSSR count). The average Bonchev–Trinajstić information content (AvgIpc) is 2.67. The van der Waals surface area contributed by atoms with Crippen LogP contribution in [0, 0.1) is 9.39 Å². The van der Waals surface area contributed by atoms with Crippen LogP contribution in [0.2, 0.25) is 0 Å². The monoisotopic (exact) mass is 488 g/mol. The van der Waals surface area contributed by atoms with Crippen LogP contribution in [0.3, 0.4) is 0 Å². The summed E-state index contributed by atoms with van der Waals surface area (Å²) in [6, 6.07) is 8.87. The van der Waals surface area contributed by atoms with Crippen LogP contribution < -0.4 is 25.1 Å². The van der Waals surface area contributed by atoms with Crippen molar-refractivity contribution in [2.24, 2.45) is 0 Å². The largest absolute Gasteiger partial charge is 0.493 e. The topological polar surface area (TPSA) is 85.9 Å². The van der Waals surface area contributed by atoms with Crippen LogP contribution >= 0.6 is 22.6 Å². The second-order valence-electron chi connectivity index (χ2n) is 5.32. The lowest BCUT2D eigenvalue weighted by Crippen LogP contribution is -2.47. The molecule has 0 aliphatic carbocycles. The highest BCUT2D eigenvalue weighted by Crippen LogP contribution is 2.31. The van der Waals surface area contributed by atoms with Crippen molar-refractivity contribution >= 4 is 34.4 Å². The molecule has 0 fully saturated rings. The fourth-order valence-electron chi connectivity index (χ4n) is 2.10. The minimum Gasteiger partial charge on any atom is -0.493 e. The molecule has 1 unspecified atom stereocenters. The number of halogens is 2. The van der Waals surface area contributed by atoms with Gasteiger partial charge >= 0.3 is 0 Å². The van der Waals surface area contributed by atoms with E-state index in [1.165, 1.54) is 45.4 Å². The third-order valence-corrected chi connectivity index (χ3v) is 4.42. The van der Waals surface area contributed by atoms with E-state index >= 15 is 0 Å². The summed E-state index contributed by atoms with van der Waals surface area (Å²) in [4.78, 5) is 24.4. The lowest BCUT2D eigenvalue weighted by atomic mass is 10.2. The molecule has 2 N–H and O–H groups in total. The molecule has 144 valence electrons. The lowest BCUT2D eigenvalue weighted by molar-refractivity contribution is -0.128. The third-order valence-electron chi connectivity index (χ3n) is 3.53. The molecule has 0 radical (unpaired) electrons. The van der Waals surface area contributed by atoms with E-state index in [4.69, 9.17) is 14.2 Å². The average molecular weight is 488 g/mol. The summed E-state index contributed by atoms with van der Waals surface area (Å²) in [6.45, 7) is 1.44. The molecule has 1 atom stereocenters. The van der Waals surface area contributed by atoms with Gasteiger partial charge < -0.3 is 14.2 Å². The fraction of sp³-hybridized carbons (Fsp3) is 0.222. The first kappa shape index (κ1) is 20.7. The summed E-state index contributed by atoms with van der Waals surface area (Å²) < 4.78 is 29.8. The van der Waals surface area contributed by atoms with Gasteiger partial charge in [-0.15, -0.1) is 0 Å². The van der Waals surface area contributed by atoms with Gasteiger partial charge in [0.2, 0.25) is 0 Å². The predicted octanol–water partition coefficient (Wildman–Crippen LogP) is 2.68. The molecule has 0 aromatic heterocycles. The van der Waals surface area contributed by atoms with Gasteiger partial charge in [-0.3, -0.25) is 20.4 Å². The van der Waals surface area contributed by atoms with Crippen LogP contribution in [0.25, 0.3) is 0 Å². The number of nitrogens with one attached hydrogen (secondary N) is 2. The normalized spacial score (nSPS) is 11.3. The lowest BCUT2D eigenvalue weighted by Gasteiger charge is -2.16. The van der Waals surface area contributed by atoms with Crippen LogP contribution in [0.5, 0.6) is 17.2 Å². The van der Waals surface area contributed by atoms with E-state index in [1.807, 2.05) is 22.6 Å². The molecular weight excluding hydrogens is 470 g/mol. The number of benzene rings is 2. The van der Waals surface area contributed by atoms with Gasteiger partial charge in [-0.1, -0.05) is 12.1 Å². The number of para-hydroxylation sites is 1. The Hall–Kier alpha value is -2.56. The number of carbonyl (C=O) groups is 2. The number of rotatable bonds is 6. The van der Waals surface area contributed by atoms with Crippen molar-refractivity contribution in [3.63, 3.8) is 0 Å². The standard InChI is InChI=1S/C18H18FIN2O5/c1-10(27-14-7-5-4-6-12(14)19)17(23)21-22-18(24)11-8-15(25-2)16(26-3)9-13(11)20/h4-10H,1-3H3,(H,21,23)(H,22,24). The van der Waals surface area contributed by atoms with Gasteiger partial charge in [0.05, 0.1) is 19.8 Å². The molecule has 0 aliphatic rings. The first-order valence-corrected chi connectivity index (χ1v) is 8.88. The van der Waals surface area contributed by atoms with Crippen LogP contribution in [0.15, 0.2) is 36.4 Å². The highest BCUT2D eigenvalue weighted by molar-refractivity contribution is 14.1. The predicted molar refractivity (Wildman–Crippen MR) is 104 cm³/mol. The SMILES string of the molecule is COc1cc(I)c(C(=O)NNC(=O)C(C)Oc2ccccc2F)cc1OC. The smallest absolute Gasteiger partial charge is 0.279 e. The molecule has 2 aromatic rings. The number of ether oxygens (including phenoxy) is 3. The van der Waals surface area contributed by atoms with Crippen molar-refractivity contribution in [2.45, 2.75) is 13.0 Å². The Morgan fingerprint density at radius 1 is 1.04 bits per heavy atom. The zero-order chi connectivity index (χ0) is 20.0. The summed E-state index contributed by atoms with van der Waals surface area (Å²) in [7, 11) is 2.95. The zero-order valence-electron chi connectivity index (χ0n) is 14.8. The van der Waals surface area contributed by atoms with Crippen LogP contribution in [-0.2, 0) is 4.79 Å². The molecule has 2 aromatic carbocycles. The van der Waals surface area contributed by atoms with E-state index in [9.17, 15) is 14.0 Å². The van der Waals surface area contributed by atoms with Crippen LogP contribution in [0.4, 0.5) is 4.39 Å². The maximum Gasteiger partial charge on any atom is 0.279 e. The molecule has 0 spiro atoms. The summed E-state index contributed by atoms with van der Waals surface area (Å²) in [6.07, 6.45) is -1.02. The Labute approximate surface area is 169 Å². The van der Waals surface area contributed by atoms with Crippen molar-refractivity contribution in [3.8, 4) is 17.2 Å². The molecule has 9 heteroatoms. The van der Waals surface area contributed by atoms with E-state index in [0.29, 0.717) is 15.1 Å². The van der Waals surface area contributed by atoms with Crippen LogP contribution in [-0.4, -0.2) is 32.1 Å². The molecule has 0 bridgehead atoms. The Morgan fingerprint density at radius 2 is 1.67 bits per heavy atom. The van der Waals surface area contributed by atoms with Crippen molar-refractivity contribution in [2.75, 3.05) is 14.2 Å². The van der Waals surface area contributed by atoms with Gasteiger partial charge in [-0.05, 0) is 53.8 Å². The molecular formula is C18H18FIN2O5. The molecule has 2 amide bonds. The number of hydrogen-bond donors (Lipinski definition) is 2. The maximum absolute atomic E-state index is 13.6. The minimum atomic E-state index is -1.02. The van der Waals surface area contributed by atoms with E-state index < -0.39 is 23.7 Å². The molecule has 0 aliphatic heterocycles. The third kappa shape index (κ3) is 5.22. The van der Waals surface area contributed by atoms with Crippen molar-refractivity contribution < 1.29 is 28.2 Å². The van der Waals surface area contributed by atoms with Gasteiger partial charge in [-0.2, -0.15) is 0 Å². The zero-order valence-corrected chi connectivity index (χ0v) is 17.0. The fourth-order valence-corrected chi connectivity index (χ4v) is 2.78. The number of hydrazine groups is 1. The molecule has 0 heterocycles. The number of carbonyl (C=O) groups excluding carboxylic acids is 2. The summed E-state index contributed by atoms with van der Waals surface area (Å²) in [5.74, 6) is -0.962. The van der Waals surface area contributed by atoms with Crippen molar-refractivity contribution in [1.82, 2.24) is 10.9 Å². The van der Waals surface area contributed by atoms with E-state index in [0.717, 1.165) is 0 Å². The van der Waals surface area contributed by atoms with Crippen molar-refractivity contribution in [3.05, 3.63) is 51.3 Å². The minimum absolute atomic E-state index is 0.0547. The van der Waals surface area contributed by atoms with Gasteiger partial charge in [-0.25, -0.2) is 4.39 Å². The Kier molecular flexibility index (Phi) is 7.22. The first-order valence-electron chi connectivity index (χ1n) is 7.80. The van der Waals surface area contributed by atoms with Gasteiger partial charge in [0, 0.05) is 3.57 Å².